The van der Waals surface area contributed by atoms with Crippen LogP contribution in [-0.4, -0.2) is 22.6 Å². The number of para-hydroxylation sites is 1. The van der Waals surface area contributed by atoms with Gasteiger partial charge in [0.2, 0.25) is 0 Å². The zero-order valence-electron chi connectivity index (χ0n) is 5.88. The monoisotopic (exact) mass is 190 g/mol. The molecule has 1 N–H and O–H groups in total. The molecule has 0 aliphatic heterocycles. The Hall–Kier alpha value is -1.11. The van der Waals surface area contributed by atoms with Gasteiger partial charge in [-0.05, 0) is 12.1 Å². The zero-order chi connectivity index (χ0) is 9.61. The van der Waals surface area contributed by atoms with Crippen LogP contribution in [0.4, 0.5) is 0 Å². The maximum Gasteiger partial charge on any atom is 0.115 e. The molecule has 0 atom stereocenters. The fraction of sp³-hybridized carbons (Fsp3) is 0. The molecule has 0 spiro atoms. The summed E-state index contributed by atoms with van der Waals surface area (Å²) in [4.78, 5) is 0. The van der Waals surface area contributed by atoms with Crippen LogP contribution < -0.4 is 0 Å². The molecular weight excluding hydrogens is 184 g/mol. The Morgan fingerprint density at radius 2 is 1.42 bits per heavy atom. The SMILES string of the molecule is O=S(=O)([O-])[O-].Oc1ccccc1. The topological polar surface area (TPSA) is 100 Å². The van der Waals surface area contributed by atoms with E-state index in [1.165, 1.54) is 0 Å². The lowest BCUT2D eigenvalue weighted by Crippen LogP contribution is -1.91. The van der Waals surface area contributed by atoms with Gasteiger partial charge >= 0.3 is 0 Å². The molecule has 1 aromatic carbocycles. The van der Waals surface area contributed by atoms with E-state index in [1.54, 1.807) is 24.3 Å². The average Bonchev–Trinajstić information content (AvgIpc) is 1.85. The normalized spacial score (nSPS) is 9.83. The van der Waals surface area contributed by atoms with Crippen LogP contribution in [0.5, 0.6) is 5.75 Å². The van der Waals surface area contributed by atoms with E-state index in [0.29, 0.717) is 5.75 Å². The maximum atomic E-state index is 8.63. The van der Waals surface area contributed by atoms with Gasteiger partial charge < -0.3 is 14.2 Å². The molecule has 0 saturated heterocycles. The van der Waals surface area contributed by atoms with E-state index in [0.717, 1.165) is 0 Å². The first-order chi connectivity index (χ1) is 5.39. The molecule has 0 unspecified atom stereocenters. The molecule has 1 rings (SSSR count). The lowest BCUT2D eigenvalue weighted by Gasteiger charge is -2.06. The first-order valence-electron chi connectivity index (χ1n) is 2.80. The quantitative estimate of drug-likeness (QED) is 0.460. The molecule has 1 aromatic rings. The van der Waals surface area contributed by atoms with Gasteiger partial charge in [-0.25, -0.2) is 0 Å². The molecule has 5 nitrogen and oxygen atoms in total. The zero-order valence-corrected chi connectivity index (χ0v) is 6.69. The van der Waals surface area contributed by atoms with Crippen LogP contribution in [0.2, 0.25) is 0 Å². The van der Waals surface area contributed by atoms with Crippen molar-refractivity contribution in [2.24, 2.45) is 0 Å². The molecule has 0 aliphatic carbocycles. The summed E-state index contributed by atoms with van der Waals surface area (Å²) in [5.74, 6) is 0.322. The van der Waals surface area contributed by atoms with Crippen molar-refractivity contribution in [3.63, 3.8) is 0 Å². The second-order valence-corrected chi connectivity index (χ2v) is 2.56. The highest BCUT2D eigenvalue weighted by Gasteiger charge is 1.74. The summed E-state index contributed by atoms with van der Waals surface area (Å²) in [6.07, 6.45) is 0. The Labute approximate surface area is 69.9 Å². The van der Waals surface area contributed by atoms with Crippen molar-refractivity contribution >= 4 is 10.4 Å². The van der Waals surface area contributed by atoms with E-state index in [9.17, 15) is 0 Å². The lowest BCUT2D eigenvalue weighted by molar-refractivity contribution is 0.352. The van der Waals surface area contributed by atoms with E-state index < -0.39 is 10.4 Å². The van der Waals surface area contributed by atoms with Gasteiger partial charge in [-0.1, -0.05) is 18.2 Å². The molecule has 68 valence electrons. The highest BCUT2D eigenvalue weighted by molar-refractivity contribution is 7.79. The molecule has 0 aromatic heterocycles. The van der Waals surface area contributed by atoms with Crippen LogP contribution in [0, 0.1) is 0 Å². The Balaban J connectivity index is 0.000000217. The Bertz CT molecular complexity index is 296. The average molecular weight is 190 g/mol. The van der Waals surface area contributed by atoms with Crippen LogP contribution in [0.25, 0.3) is 0 Å². The van der Waals surface area contributed by atoms with Crippen LogP contribution in [-0.2, 0) is 10.4 Å². The van der Waals surface area contributed by atoms with E-state index in [4.69, 9.17) is 22.6 Å². The van der Waals surface area contributed by atoms with Crippen LogP contribution in [0.15, 0.2) is 30.3 Å². The third kappa shape index (κ3) is 11.7. The van der Waals surface area contributed by atoms with E-state index in [2.05, 4.69) is 0 Å². The maximum absolute atomic E-state index is 8.63. The summed E-state index contributed by atoms with van der Waals surface area (Å²) in [5, 5.41) is 8.63. The van der Waals surface area contributed by atoms with Crippen molar-refractivity contribution in [1.82, 2.24) is 0 Å². The van der Waals surface area contributed by atoms with Gasteiger partial charge in [0.1, 0.15) is 5.75 Å². The summed E-state index contributed by atoms with van der Waals surface area (Å²) >= 11 is 0. The predicted molar refractivity (Wildman–Crippen MR) is 38.6 cm³/mol. The number of phenols is 1. The van der Waals surface area contributed by atoms with Gasteiger partial charge in [0, 0.05) is 10.4 Å². The molecule has 6 heteroatoms. The van der Waals surface area contributed by atoms with Gasteiger partial charge in [-0.2, -0.15) is 0 Å². The number of hydrogen-bond donors (Lipinski definition) is 1. The molecule has 0 bridgehead atoms. The van der Waals surface area contributed by atoms with E-state index in [1.807, 2.05) is 6.07 Å². The van der Waals surface area contributed by atoms with Crippen LogP contribution in [0.3, 0.4) is 0 Å². The van der Waals surface area contributed by atoms with Crippen molar-refractivity contribution < 1.29 is 22.6 Å². The molecule has 0 amide bonds. The van der Waals surface area contributed by atoms with Gasteiger partial charge in [-0.15, -0.1) is 0 Å². The van der Waals surface area contributed by atoms with Gasteiger partial charge in [0.25, 0.3) is 0 Å². The number of benzene rings is 1. The third-order valence-corrected chi connectivity index (χ3v) is 0.756. The lowest BCUT2D eigenvalue weighted by atomic mass is 10.3. The minimum Gasteiger partial charge on any atom is -0.759 e. The molecule has 0 radical (unpaired) electrons. The first kappa shape index (κ1) is 10.9. The molecule has 12 heavy (non-hydrogen) atoms. The number of phenolic OH excluding ortho intramolecular Hbond substituents is 1. The first-order valence-corrected chi connectivity index (χ1v) is 4.13. The summed E-state index contributed by atoms with van der Waals surface area (Å²) < 4.78 is 34.1. The summed E-state index contributed by atoms with van der Waals surface area (Å²) in [6.45, 7) is 0. The Kier molecular flexibility index (Phi) is 4.27. The van der Waals surface area contributed by atoms with Crippen molar-refractivity contribution in [3.05, 3.63) is 30.3 Å². The standard InChI is InChI=1S/C6H6O.H2O4S/c7-6-4-2-1-3-5-6;1-5(2,3)4/h1-5,7H;(H2,1,2,3,4)/p-2. The molecular formula is C6H6O5S-2. The fourth-order valence-electron chi connectivity index (χ4n) is 0.428. The van der Waals surface area contributed by atoms with E-state index in [-0.39, 0.29) is 0 Å². The Morgan fingerprint density at radius 3 is 1.58 bits per heavy atom. The summed E-state index contributed by atoms with van der Waals surface area (Å²) in [5.41, 5.74) is 0. The molecule has 0 saturated carbocycles. The molecule has 0 heterocycles. The highest BCUT2D eigenvalue weighted by atomic mass is 32.3. The van der Waals surface area contributed by atoms with Crippen molar-refractivity contribution in [2.75, 3.05) is 0 Å². The van der Waals surface area contributed by atoms with Gasteiger partial charge in [0.05, 0.1) is 0 Å². The van der Waals surface area contributed by atoms with Crippen LogP contribution in [0.1, 0.15) is 0 Å². The Morgan fingerprint density at radius 1 is 1.08 bits per heavy atom. The smallest absolute Gasteiger partial charge is 0.115 e. The summed E-state index contributed by atoms with van der Waals surface area (Å²) in [6, 6.07) is 8.71. The molecule has 0 fully saturated rings. The van der Waals surface area contributed by atoms with Crippen molar-refractivity contribution in [1.29, 1.82) is 0 Å². The predicted octanol–water partition coefficient (Wildman–Crippen LogP) is 0.0542. The molecule has 0 aliphatic rings. The minimum atomic E-state index is -5.17. The largest absolute Gasteiger partial charge is 0.759 e. The third-order valence-electron chi connectivity index (χ3n) is 0.756. The van der Waals surface area contributed by atoms with E-state index >= 15 is 0 Å². The van der Waals surface area contributed by atoms with Gasteiger partial charge in [0.15, 0.2) is 0 Å². The minimum absolute atomic E-state index is 0.322. The number of rotatable bonds is 0. The van der Waals surface area contributed by atoms with Crippen molar-refractivity contribution in [3.8, 4) is 5.75 Å². The number of aromatic hydroxyl groups is 1. The van der Waals surface area contributed by atoms with Gasteiger partial charge in [-0.3, -0.25) is 8.42 Å². The highest BCUT2D eigenvalue weighted by Crippen LogP contribution is 2.02. The number of hydrogen-bond acceptors (Lipinski definition) is 5. The second-order valence-electron chi connectivity index (χ2n) is 1.74. The second kappa shape index (κ2) is 4.70. The van der Waals surface area contributed by atoms with Crippen molar-refractivity contribution in [2.45, 2.75) is 0 Å². The fourth-order valence-corrected chi connectivity index (χ4v) is 0.428. The summed E-state index contributed by atoms with van der Waals surface area (Å²) in [7, 11) is -5.17. The van der Waals surface area contributed by atoms with Crippen LogP contribution >= 0.6 is 0 Å².